The molecule has 5 atom stereocenters. The lowest BCUT2D eigenvalue weighted by Crippen LogP contribution is -2.59. The zero-order valence-corrected chi connectivity index (χ0v) is 7.75. The van der Waals surface area contributed by atoms with Crippen molar-refractivity contribution in [3.63, 3.8) is 0 Å². The van der Waals surface area contributed by atoms with Crippen LogP contribution in [0, 0.1) is 0 Å². The summed E-state index contributed by atoms with van der Waals surface area (Å²) < 4.78 is 10.4. The van der Waals surface area contributed by atoms with Crippen molar-refractivity contribution in [2.75, 3.05) is 20.7 Å². The first-order valence-corrected chi connectivity index (χ1v) is 4.41. The van der Waals surface area contributed by atoms with Gasteiger partial charge < -0.3 is 24.6 Å². The van der Waals surface area contributed by atoms with E-state index in [-0.39, 0.29) is 12.1 Å². The van der Waals surface area contributed by atoms with Gasteiger partial charge >= 0.3 is 0 Å². The Morgan fingerprint density at radius 2 is 1.92 bits per heavy atom. The monoisotopic (exact) mass is 189 g/mol. The first-order valence-electron chi connectivity index (χ1n) is 4.41. The molecule has 0 spiro atoms. The number of nitrogens with zero attached hydrogens (tertiary/aromatic N) is 1. The Hall–Kier alpha value is -0.200. The number of rotatable bonds is 1. The molecule has 2 N–H and O–H groups in total. The predicted octanol–water partition coefficient (Wildman–Crippen LogP) is -1.61. The molecule has 5 heteroatoms. The maximum atomic E-state index is 9.79. The average Bonchev–Trinajstić information content (AvgIpc) is 2.46. The first-order chi connectivity index (χ1) is 6.11. The molecule has 0 aromatic heterocycles. The molecule has 0 aromatic rings. The minimum Gasteiger partial charge on any atom is -0.389 e. The first kappa shape index (κ1) is 9.36. The van der Waals surface area contributed by atoms with Crippen molar-refractivity contribution in [2.24, 2.45) is 0 Å². The highest BCUT2D eigenvalue weighted by molar-refractivity contribution is 4.96. The topological polar surface area (TPSA) is 62.2 Å². The number of fused-ring (bicyclic) bond motifs is 2. The van der Waals surface area contributed by atoms with Crippen LogP contribution in [0.2, 0.25) is 0 Å². The summed E-state index contributed by atoms with van der Waals surface area (Å²) in [5.41, 5.74) is 0. The van der Waals surface area contributed by atoms with Crippen molar-refractivity contribution in [1.82, 2.24) is 4.90 Å². The summed E-state index contributed by atoms with van der Waals surface area (Å²) in [4.78, 5) is 1.80. The van der Waals surface area contributed by atoms with Crippen LogP contribution in [-0.4, -0.2) is 66.5 Å². The summed E-state index contributed by atoms with van der Waals surface area (Å²) in [6.45, 7) is 0.368. The fraction of sp³-hybridized carbons (Fsp3) is 1.00. The van der Waals surface area contributed by atoms with Gasteiger partial charge in [-0.2, -0.15) is 0 Å². The summed E-state index contributed by atoms with van der Waals surface area (Å²) in [5, 5.41) is 19.5. The standard InChI is InChI=1S/C8H15NO4/c1-9(2)5-6(10)4-3-12-8(13-4)7(5)11/h4-8,10-11H,3H2,1-2H3/t4-,5+,6-,7-,8-/m1/s1. The SMILES string of the molecule is CN(C)[C@@H]1[C@@H](O)[C@@H]2OC[C@@H](O2)[C@H]1O. The van der Waals surface area contributed by atoms with Crippen molar-refractivity contribution in [2.45, 2.75) is 30.6 Å². The third kappa shape index (κ3) is 1.37. The molecular weight excluding hydrogens is 174 g/mol. The highest BCUT2D eigenvalue weighted by atomic mass is 16.7. The molecule has 0 aromatic carbocycles. The molecule has 0 radical (unpaired) electrons. The summed E-state index contributed by atoms with van der Waals surface area (Å²) >= 11 is 0. The van der Waals surface area contributed by atoms with Gasteiger partial charge in [-0.1, -0.05) is 0 Å². The minimum atomic E-state index is -0.774. The number of likely N-dealkylation sites (N-methyl/N-ethyl adjacent to an activating group) is 1. The molecular formula is C8H15NO4. The van der Waals surface area contributed by atoms with E-state index in [1.807, 2.05) is 14.1 Å². The predicted molar refractivity (Wildman–Crippen MR) is 44.1 cm³/mol. The van der Waals surface area contributed by atoms with E-state index in [1.165, 1.54) is 0 Å². The molecule has 0 unspecified atom stereocenters. The van der Waals surface area contributed by atoms with Gasteiger partial charge in [-0.15, -0.1) is 0 Å². The lowest BCUT2D eigenvalue weighted by Gasteiger charge is -2.39. The van der Waals surface area contributed by atoms with Gasteiger partial charge in [-0.3, -0.25) is 0 Å². The summed E-state index contributed by atoms with van der Waals surface area (Å²) in [5.74, 6) is 0. The van der Waals surface area contributed by atoms with Gasteiger partial charge in [0.05, 0.1) is 12.6 Å². The van der Waals surface area contributed by atoms with Crippen molar-refractivity contribution in [3.8, 4) is 0 Å². The minimum absolute atomic E-state index is 0.291. The fourth-order valence-electron chi connectivity index (χ4n) is 1.99. The van der Waals surface area contributed by atoms with Gasteiger partial charge in [0.2, 0.25) is 0 Å². The van der Waals surface area contributed by atoms with Gasteiger partial charge in [-0.25, -0.2) is 0 Å². The van der Waals surface area contributed by atoms with E-state index in [0.717, 1.165) is 0 Å². The Morgan fingerprint density at radius 1 is 1.23 bits per heavy atom. The largest absolute Gasteiger partial charge is 0.389 e. The van der Waals surface area contributed by atoms with Gasteiger partial charge in [0.1, 0.15) is 18.3 Å². The van der Waals surface area contributed by atoms with Crippen molar-refractivity contribution >= 4 is 0 Å². The number of hydrogen-bond acceptors (Lipinski definition) is 5. The maximum absolute atomic E-state index is 9.79. The van der Waals surface area contributed by atoms with E-state index in [0.29, 0.717) is 6.61 Å². The molecule has 2 saturated heterocycles. The van der Waals surface area contributed by atoms with Crippen molar-refractivity contribution in [1.29, 1.82) is 0 Å². The molecule has 2 fully saturated rings. The van der Waals surface area contributed by atoms with Crippen molar-refractivity contribution < 1.29 is 19.7 Å². The van der Waals surface area contributed by atoms with E-state index in [4.69, 9.17) is 9.47 Å². The van der Waals surface area contributed by atoms with E-state index >= 15 is 0 Å². The van der Waals surface area contributed by atoms with Crippen LogP contribution in [0.4, 0.5) is 0 Å². The average molecular weight is 189 g/mol. The Bertz CT molecular complexity index is 183. The van der Waals surface area contributed by atoms with Crippen LogP contribution in [0.5, 0.6) is 0 Å². The molecule has 0 amide bonds. The Balaban J connectivity index is 2.17. The zero-order chi connectivity index (χ0) is 9.59. The van der Waals surface area contributed by atoms with Gasteiger partial charge in [0.15, 0.2) is 6.29 Å². The normalized spacial score (nSPS) is 50.1. The molecule has 5 nitrogen and oxygen atoms in total. The number of hydrogen-bond donors (Lipinski definition) is 2. The van der Waals surface area contributed by atoms with Crippen molar-refractivity contribution in [3.05, 3.63) is 0 Å². The fourth-order valence-corrected chi connectivity index (χ4v) is 1.99. The molecule has 0 aliphatic carbocycles. The molecule has 2 bridgehead atoms. The second-order valence-corrected chi connectivity index (χ2v) is 3.81. The Kier molecular flexibility index (Phi) is 2.29. The third-order valence-electron chi connectivity index (χ3n) is 2.69. The van der Waals surface area contributed by atoms with Crippen LogP contribution < -0.4 is 0 Å². The molecule has 2 rings (SSSR count). The summed E-state index contributed by atoms with van der Waals surface area (Å²) in [6.07, 6.45) is -2.31. The Labute approximate surface area is 76.9 Å². The second-order valence-electron chi connectivity index (χ2n) is 3.81. The molecule has 2 heterocycles. The molecule has 0 saturated carbocycles. The van der Waals surface area contributed by atoms with Gasteiger partial charge in [-0.05, 0) is 14.1 Å². The van der Waals surface area contributed by atoms with E-state index in [9.17, 15) is 10.2 Å². The third-order valence-corrected chi connectivity index (χ3v) is 2.69. The zero-order valence-electron chi connectivity index (χ0n) is 7.75. The quantitative estimate of drug-likeness (QED) is 0.520. The van der Waals surface area contributed by atoms with Crippen LogP contribution in [0.15, 0.2) is 0 Å². The molecule has 76 valence electrons. The van der Waals surface area contributed by atoms with E-state index in [2.05, 4.69) is 0 Å². The van der Waals surface area contributed by atoms with Crippen LogP contribution in [0.3, 0.4) is 0 Å². The Morgan fingerprint density at radius 3 is 2.54 bits per heavy atom. The number of ether oxygens (including phenoxy) is 2. The van der Waals surface area contributed by atoms with Crippen LogP contribution in [0.1, 0.15) is 0 Å². The van der Waals surface area contributed by atoms with Gasteiger partial charge in [0.25, 0.3) is 0 Å². The second kappa shape index (κ2) is 3.18. The highest BCUT2D eigenvalue weighted by Gasteiger charge is 2.50. The smallest absolute Gasteiger partial charge is 0.185 e. The molecule has 13 heavy (non-hydrogen) atoms. The number of aliphatic hydroxyl groups excluding tert-OH is 2. The lowest BCUT2D eigenvalue weighted by molar-refractivity contribution is -0.209. The van der Waals surface area contributed by atoms with E-state index < -0.39 is 18.5 Å². The lowest BCUT2D eigenvalue weighted by atomic mass is 9.97. The van der Waals surface area contributed by atoms with E-state index in [1.54, 1.807) is 4.90 Å². The van der Waals surface area contributed by atoms with Crippen LogP contribution in [0.25, 0.3) is 0 Å². The van der Waals surface area contributed by atoms with Crippen LogP contribution >= 0.6 is 0 Å². The number of aliphatic hydroxyl groups is 2. The van der Waals surface area contributed by atoms with Gasteiger partial charge in [0, 0.05) is 0 Å². The molecule has 2 aliphatic heterocycles. The maximum Gasteiger partial charge on any atom is 0.185 e. The highest BCUT2D eigenvalue weighted by Crippen LogP contribution is 2.29. The summed E-state index contributed by atoms with van der Waals surface area (Å²) in [7, 11) is 3.64. The molecule has 2 aliphatic rings. The summed E-state index contributed by atoms with van der Waals surface area (Å²) in [6, 6.07) is -0.300. The van der Waals surface area contributed by atoms with Crippen LogP contribution in [-0.2, 0) is 9.47 Å².